The molecule has 3 N–H and O–H groups in total. The molecule has 0 saturated carbocycles. The lowest BCUT2D eigenvalue weighted by atomic mass is 10.0. The second-order valence-electron chi connectivity index (χ2n) is 6.09. The number of nitrogens with one attached hydrogen (secondary N) is 1. The molecule has 0 spiro atoms. The summed E-state index contributed by atoms with van der Waals surface area (Å²) < 4.78 is 0. The van der Waals surface area contributed by atoms with E-state index in [0.29, 0.717) is 28.8 Å². The number of H-pyrrole nitrogens is 1. The Hall–Kier alpha value is -2.60. The number of ketones is 1. The molecule has 0 aliphatic heterocycles. The molecule has 0 saturated heterocycles. The predicted molar refractivity (Wildman–Crippen MR) is 102 cm³/mol. The molecule has 0 radical (unpaired) electrons. The number of rotatable bonds is 6. The number of aryl methyl sites for hydroxylation is 2. The largest absolute Gasteiger partial charge is 0.399 e. The molecule has 1 heterocycles. The minimum atomic E-state index is 0.161. The zero-order valence-corrected chi connectivity index (χ0v) is 15.1. The Kier molecular flexibility index (Phi) is 5.19. The van der Waals surface area contributed by atoms with Gasteiger partial charge >= 0.3 is 0 Å². The van der Waals surface area contributed by atoms with Crippen molar-refractivity contribution in [1.29, 1.82) is 0 Å². The zero-order valence-electron chi connectivity index (χ0n) is 14.2. The highest BCUT2D eigenvalue weighted by molar-refractivity contribution is 7.99. The first kappa shape index (κ1) is 17.2. The van der Waals surface area contributed by atoms with Gasteiger partial charge in [-0.05, 0) is 43.7 Å². The molecule has 3 aromatic rings. The van der Waals surface area contributed by atoms with E-state index >= 15 is 0 Å². The molecule has 6 heteroatoms. The van der Waals surface area contributed by atoms with E-state index < -0.39 is 0 Å². The molecular formula is C19H20N4OS. The number of aromatic amines is 1. The highest BCUT2D eigenvalue weighted by Gasteiger charge is 2.10. The van der Waals surface area contributed by atoms with Crippen LogP contribution in [0.5, 0.6) is 0 Å². The first-order chi connectivity index (χ1) is 12.0. The van der Waals surface area contributed by atoms with Crippen LogP contribution in [0.15, 0.2) is 47.6 Å². The van der Waals surface area contributed by atoms with Crippen LogP contribution < -0.4 is 5.73 Å². The summed E-state index contributed by atoms with van der Waals surface area (Å²) in [5.41, 5.74) is 10.7. The van der Waals surface area contributed by atoms with Gasteiger partial charge in [0.1, 0.15) is 5.78 Å². The fourth-order valence-corrected chi connectivity index (χ4v) is 3.33. The van der Waals surface area contributed by atoms with E-state index in [4.69, 9.17) is 5.73 Å². The van der Waals surface area contributed by atoms with Gasteiger partial charge in [0, 0.05) is 17.7 Å². The number of hydrogen-bond acceptors (Lipinski definition) is 5. The molecule has 2 aromatic carbocycles. The van der Waals surface area contributed by atoms with Gasteiger partial charge in [0.15, 0.2) is 5.82 Å². The summed E-state index contributed by atoms with van der Waals surface area (Å²) in [5, 5.41) is 7.63. The third-order valence-corrected chi connectivity index (χ3v) is 4.60. The first-order valence-corrected chi connectivity index (χ1v) is 8.98. The SMILES string of the molecule is Cc1cc(C)cc(CC(=O)CSc2n[nH]c(-c3ccc(N)cc3)n2)c1. The number of nitrogen functional groups attached to an aromatic ring is 1. The molecule has 3 rings (SSSR count). The number of nitrogens with zero attached hydrogens (tertiary/aromatic N) is 2. The van der Waals surface area contributed by atoms with E-state index in [9.17, 15) is 4.79 Å². The van der Waals surface area contributed by atoms with Gasteiger partial charge < -0.3 is 5.73 Å². The molecule has 128 valence electrons. The van der Waals surface area contributed by atoms with E-state index in [1.807, 2.05) is 38.1 Å². The number of anilines is 1. The minimum absolute atomic E-state index is 0.161. The molecule has 0 amide bonds. The minimum Gasteiger partial charge on any atom is -0.399 e. The van der Waals surface area contributed by atoms with Crippen LogP contribution in [-0.4, -0.2) is 26.7 Å². The molecule has 0 fully saturated rings. The third kappa shape index (κ3) is 4.70. The summed E-state index contributed by atoms with van der Waals surface area (Å²) in [7, 11) is 0. The lowest BCUT2D eigenvalue weighted by molar-refractivity contribution is -0.116. The number of hydrogen-bond donors (Lipinski definition) is 2. The van der Waals surface area contributed by atoms with E-state index in [1.54, 1.807) is 0 Å². The van der Waals surface area contributed by atoms with E-state index in [-0.39, 0.29) is 5.78 Å². The van der Waals surface area contributed by atoms with Gasteiger partial charge in [0.05, 0.1) is 5.75 Å². The molecular weight excluding hydrogens is 332 g/mol. The van der Waals surface area contributed by atoms with Crippen molar-refractivity contribution in [3.05, 3.63) is 59.2 Å². The van der Waals surface area contributed by atoms with E-state index in [1.165, 1.54) is 22.9 Å². The van der Waals surface area contributed by atoms with Gasteiger partial charge in [0.2, 0.25) is 5.16 Å². The Bertz CT molecular complexity index is 866. The van der Waals surface area contributed by atoms with Crippen molar-refractivity contribution in [2.24, 2.45) is 0 Å². The summed E-state index contributed by atoms with van der Waals surface area (Å²) in [4.78, 5) is 16.6. The predicted octanol–water partition coefficient (Wildman–Crippen LogP) is 3.57. The quantitative estimate of drug-likeness (QED) is 0.523. The van der Waals surface area contributed by atoms with Crippen molar-refractivity contribution in [2.75, 3.05) is 11.5 Å². The number of thioether (sulfide) groups is 1. The summed E-state index contributed by atoms with van der Waals surface area (Å²) >= 11 is 1.35. The molecule has 5 nitrogen and oxygen atoms in total. The fraction of sp³-hybridized carbons (Fsp3) is 0.211. The number of nitrogens with two attached hydrogens (primary N) is 1. The van der Waals surface area contributed by atoms with Crippen molar-refractivity contribution >= 4 is 23.2 Å². The lowest BCUT2D eigenvalue weighted by Crippen LogP contribution is -2.06. The Morgan fingerprint density at radius 1 is 1.12 bits per heavy atom. The molecule has 0 aliphatic rings. The fourth-order valence-electron chi connectivity index (χ4n) is 2.68. The van der Waals surface area contributed by atoms with Crippen LogP contribution in [0.2, 0.25) is 0 Å². The summed E-state index contributed by atoms with van der Waals surface area (Å²) in [5.74, 6) is 1.18. The Balaban J connectivity index is 1.58. The van der Waals surface area contributed by atoms with Crippen LogP contribution in [0.1, 0.15) is 16.7 Å². The van der Waals surface area contributed by atoms with E-state index in [2.05, 4.69) is 33.4 Å². The average Bonchev–Trinajstić information content (AvgIpc) is 3.01. The Morgan fingerprint density at radius 3 is 2.48 bits per heavy atom. The van der Waals surface area contributed by atoms with Crippen LogP contribution >= 0.6 is 11.8 Å². The number of aromatic nitrogens is 3. The highest BCUT2D eigenvalue weighted by atomic mass is 32.2. The smallest absolute Gasteiger partial charge is 0.209 e. The number of benzene rings is 2. The average molecular weight is 352 g/mol. The number of carbonyl (C=O) groups excluding carboxylic acids is 1. The summed E-state index contributed by atoms with van der Waals surface area (Å²) in [6, 6.07) is 13.6. The summed E-state index contributed by atoms with van der Waals surface area (Å²) in [6.45, 7) is 4.09. The van der Waals surface area contributed by atoms with Crippen LogP contribution in [0.4, 0.5) is 5.69 Å². The zero-order chi connectivity index (χ0) is 17.8. The van der Waals surface area contributed by atoms with Crippen LogP contribution in [0.3, 0.4) is 0 Å². The molecule has 1 aromatic heterocycles. The van der Waals surface area contributed by atoms with Gasteiger partial charge in [0.25, 0.3) is 0 Å². The van der Waals surface area contributed by atoms with Gasteiger partial charge in [-0.15, -0.1) is 5.10 Å². The van der Waals surface area contributed by atoms with Gasteiger partial charge in [-0.25, -0.2) is 4.98 Å². The topological polar surface area (TPSA) is 84.7 Å². The third-order valence-electron chi connectivity index (χ3n) is 3.69. The van der Waals surface area contributed by atoms with Crippen molar-refractivity contribution in [2.45, 2.75) is 25.4 Å². The van der Waals surface area contributed by atoms with Crippen molar-refractivity contribution in [3.8, 4) is 11.4 Å². The standard InChI is InChI=1S/C19H20N4OS/c1-12-7-13(2)9-14(8-12)10-17(24)11-25-19-21-18(22-23-19)15-3-5-16(20)6-4-15/h3-9H,10-11,20H2,1-2H3,(H,21,22,23). The Morgan fingerprint density at radius 2 is 1.80 bits per heavy atom. The molecule has 0 unspecified atom stereocenters. The monoisotopic (exact) mass is 352 g/mol. The van der Waals surface area contributed by atoms with Crippen molar-refractivity contribution < 1.29 is 4.79 Å². The highest BCUT2D eigenvalue weighted by Crippen LogP contribution is 2.20. The second kappa shape index (κ2) is 7.53. The number of Topliss-reactive ketones (excluding diaryl/α,β-unsaturated/α-hetero) is 1. The Labute approximate surface area is 151 Å². The van der Waals surface area contributed by atoms with Gasteiger partial charge in [-0.3, -0.25) is 9.89 Å². The van der Waals surface area contributed by atoms with Gasteiger partial charge in [-0.1, -0.05) is 41.1 Å². The maximum atomic E-state index is 12.2. The normalized spacial score (nSPS) is 10.8. The van der Waals surface area contributed by atoms with Crippen LogP contribution in [0.25, 0.3) is 11.4 Å². The maximum absolute atomic E-state index is 12.2. The van der Waals surface area contributed by atoms with Crippen LogP contribution in [0, 0.1) is 13.8 Å². The second-order valence-corrected chi connectivity index (χ2v) is 7.03. The maximum Gasteiger partial charge on any atom is 0.209 e. The molecule has 0 atom stereocenters. The van der Waals surface area contributed by atoms with Crippen LogP contribution in [-0.2, 0) is 11.2 Å². The van der Waals surface area contributed by atoms with Crippen molar-refractivity contribution in [1.82, 2.24) is 15.2 Å². The van der Waals surface area contributed by atoms with E-state index in [0.717, 1.165) is 11.1 Å². The molecule has 0 bridgehead atoms. The number of carbonyl (C=O) groups is 1. The van der Waals surface area contributed by atoms with Crippen molar-refractivity contribution in [3.63, 3.8) is 0 Å². The summed E-state index contributed by atoms with van der Waals surface area (Å²) in [6.07, 6.45) is 0.435. The molecule has 0 aliphatic carbocycles. The first-order valence-electron chi connectivity index (χ1n) is 7.99. The van der Waals surface area contributed by atoms with Gasteiger partial charge in [-0.2, -0.15) is 0 Å². The molecule has 25 heavy (non-hydrogen) atoms. The lowest BCUT2D eigenvalue weighted by Gasteiger charge is -2.04.